The number of hydrogen-bond acceptors (Lipinski definition) is 3. The van der Waals surface area contributed by atoms with E-state index in [1.54, 1.807) is 19.3 Å². The molecule has 1 amide bonds. The number of aromatic nitrogens is 1. The van der Waals surface area contributed by atoms with E-state index in [-0.39, 0.29) is 18.1 Å². The van der Waals surface area contributed by atoms with Gasteiger partial charge in [0, 0.05) is 37.0 Å². The fourth-order valence-corrected chi connectivity index (χ4v) is 1.41. The number of aliphatic hydroxyl groups is 1. The summed E-state index contributed by atoms with van der Waals surface area (Å²) in [4.78, 5) is 23.2. The molecule has 1 aromatic heterocycles. The minimum Gasteiger partial charge on any atom is -0.396 e. The lowest BCUT2D eigenvalue weighted by Crippen LogP contribution is -2.44. The van der Waals surface area contributed by atoms with Crippen molar-refractivity contribution in [2.24, 2.45) is 7.05 Å². The van der Waals surface area contributed by atoms with Crippen LogP contribution in [0.1, 0.15) is 30.6 Å². The van der Waals surface area contributed by atoms with Gasteiger partial charge in [-0.2, -0.15) is 0 Å². The summed E-state index contributed by atoms with van der Waals surface area (Å²) in [6.07, 6.45) is 2.01. The Morgan fingerprint density at radius 1 is 1.53 bits per heavy atom. The van der Waals surface area contributed by atoms with E-state index in [0.29, 0.717) is 12.0 Å². The number of nitrogens with one attached hydrogen (secondary N) is 1. The second-order valence-electron chi connectivity index (χ2n) is 4.68. The van der Waals surface area contributed by atoms with Crippen molar-refractivity contribution in [3.8, 4) is 0 Å². The Morgan fingerprint density at radius 2 is 2.18 bits per heavy atom. The van der Waals surface area contributed by atoms with Gasteiger partial charge < -0.3 is 15.0 Å². The second kappa shape index (κ2) is 5.14. The SMILES string of the molecule is Cn1ccc(C(=O)NC(C)(C)CCO)cc1=O. The van der Waals surface area contributed by atoms with E-state index in [1.165, 1.54) is 10.6 Å². The molecule has 17 heavy (non-hydrogen) atoms. The van der Waals surface area contributed by atoms with E-state index in [1.807, 2.05) is 13.8 Å². The summed E-state index contributed by atoms with van der Waals surface area (Å²) < 4.78 is 1.40. The number of aryl methyl sites for hydroxylation is 1. The van der Waals surface area contributed by atoms with Crippen LogP contribution < -0.4 is 10.9 Å². The summed E-state index contributed by atoms with van der Waals surface area (Å²) in [6, 6.07) is 2.89. The van der Waals surface area contributed by atoms with Crippen molar-refractivity contribution in [3.05, 3.63) is 34.2 Å². The Morgan fingerprint density at radius 3 is 2.71 bits per heavy atom. The lowest BCUT2D eigenvalue weighted by atomic mass is 10.0. The molecule has 0 bridgehead atoms. The quantitative estimate of drug-likeness (QED) is 0.791. The topological polar surface area (TPSA) is 71.3 Å². The summed E-state index contributed by atoms with van der Waals surface area (Å²) in [5.41, 5.74) is -0.385. The third-order valence-electron chi connectivity index (χ3n) is 2.56. The molecule has 1 rings (SSSR count). The molecular formula is C12H18N2O3. The number of hydrogen-bond donors (Lipinski definition) is 2. The number of aliphatic hydroxyl groups excluding tert-OH is 1. The number of amides is 1. The Bertz CT molecular complexity index is 463. The van der Waals surface area contributed by atoms with Crippen LogP contribution in [-0.4, -0.2) is 27.7 Å². The van der Waals surface area contributed by atoms with E-state index in [2.05, 4.69) is 5.32 Å². The fraction of sp³-hybridized carbons (Fsp3) is 0.500. The molecular weight excluding hydrogens is 220 g/mol. The van der Waals surface area contributed by atoms with Crippen molar-refractivity contribution in [3.63, 3.8) is 0 Å². The Balaban J connectivity index is 2.83. The largest absolute Gasteiger partial charge is 0.396 e. The van der Waals surface area contributed by atoms with Crippen LogP contribution in [0.3, 0.4) is 0 Å². The summed E-state index contributed by atoms with van der Waals surface area (Å²) in [6.45, 7) is 3.65. The molecule has 0 fully saturated rings. The predicted molar refractivity (Wildman–Crippen MR) is 64.9 cm³/mol. The first-order valence-corrected chi connectivity index (χ1v) is 5.46. The zero-order valence-corrected chi connectivity index (χ0v) is 10.4. The van der Waals surface area contributed by atoms with Crippen LogP contribution in [0.5, 0.6) is 0 Å². The van der Waals surface area contributed by atoms with Crippen LogP contribution in [-0.2, 0) is 7.05 Å². The maximum atomic E-state index is 11.9. The first-order valence-electron chi connectivity index (χ1n) is 5.46. The Labute approximate surface area is 100 Å². The van der Waals surface area contributed by atoms with Gasteiger partial charge in [-0.05, 0) is 26.3 Å². The van der Waals surface area contributed by atoms with E-state index >= 15 is 0 Å². The maximum Gasteiger partial charge on any atom is 0.251 e. The summed E-state index contributed by atoms with van der Waals surface area (Å²) >= 11 is 0. The molecule has 0 radical (unpaired) electrons. The summed E-state index contributed by atoms with van der Waals surface area (Å²) in [7, 11) is 1.62. The van der Waals surface area contributed by atoms with Gasteiger partial charge >= 0.3 is 0 Å². The lowest BCUT2D eigenvalue weighted by Gasteiger charge is -2.25. The number of nitrogens with zero attached hydrogens (tertiary/aromatic N) is 1. The normalized spacial score (nSPS) is 11.3. The molecule has 0 saturated heterocycles. The molecule has 0 unspecified atom stereocenters. The van der Waals surface area contributed by atoms with E-state index < -0.39 is 5.54 Å². The highest BCUT2D eigenvalue weighted by Gasteiger charge is 2.20. The highest BCUT2D eigenvalue weighted by atomic mass is 16.3. The average Bonchev–Trinajstić information content (AvgIpc) is 2.21. The molecule has 5 nitrogen and oxygen atoms in total. The molecule has 0 atom stereocenters. The van der Waals surface area contributed by atoms with Crippen molar-refractivity contribution in [1.82, 2.24) is 9.88 Å². The first kappa shape index (κ1) is 13.4. The average molecular weight is 238 g/mol. The molecule has 0 aliphatic heterocycles. The van der Waals surface area contributed by atoms with E-state index in [9.17, 15) is 9.59 Å². The third-order valence-corrected chi connectivity index (χ3v) is 2.56. The first-order chi connectivity index (χ1) is 7.85. The molecule has 0 spiro atoms. The van der Waals surface area contributed by atoms with E-state index in [4.69, 9.17) is 5.11 Å². The molecule has 1 aromatic rings. The third kappa shape index (κ3) is 3.71. The lowest BCUT2D eigenvalue weighted by molar-refractivity contribution is 0.0899. The fourth-order valence-electron chi connectivity index (χ4n) is 1.41. The molecule has 94 valence electrons. The van der Waals surface area contributed by atoms with Crippen molar-refractivity contribution in [1.29, 1.82) is 0 Å². The summed E-state index contributed by atoms with van der Waals surface area (Å²) in [5.74, 6) is -0.304. The molecule has 0 aliphatic carbocycles. The standard InChI is InChI=1S/C12H18N2O3/c1-12(2,5-7-15)13-11(17)9-4-6-14(3)10(16)8-9/h4,6,8,15H,5,7H2,1-3H3,(H,13,17). The highest BCUT2D eigenvalue weighted by Crippen LogP contribution is 2.08. The maximum absolute atomic E-state index is 11.9. The van der Waals surface area contributed by atoms with E-state index in [0.717, 1.165) is 0 Å². The van der Waals surface area contributed by atoms with Crippen LogP contribution in [0.2, 0.25) is 0 Å². The van der Waals surface area contributed by atoms with Gasteiger partial charge in [0.15, 0.2) is 0 Å². The monoisotopic (exact) mass is 238 g/mol. The van der Waals surface area contributed by atoms with Gasteiger partial charge in [-0.1, -0.05) is 0 Å². The van der Waals surface area contributed by atoms with Crippen LogP contribution >= 0.6 is 0 Å². The van der Waals surface area contributed by atoms with Gasteiger partial charge in [0.25, 0.3) is 11.5 Å². The Kier molecular flexibility index (Phi) is 4.07. The Hall–Kier alpha value is -1.62. The second-order valence-corrected chi connectivity index (χ2v) is 4.68. The van der Waals surface area contributed by atoms with Gasteiger partial charge in [0.05, 0.1) is 0 Å². The minimum absolute atomic E-state index is 0.00380. The molecule has 1 heterocycles. The van der Waals surface area contributed by atoms with Gasteiger partial charge in [-0.3, -0.25) is 9.59 Å². The predicted octanol–water partition coefficient (Wildman–Crippen LogP) is 0.276. The zero-order valence-electron chi connectivity index (χ0n) is 10.4. The molecule has 0 aromatic carbocycles. The minimum atomic E-state index is -0.493. The van der Waals surface area contributed by atoms with Gasteiger partial charge in [0.1, 0.15) is 0 Å². The van der Waals surface area contributed by atoms with Crippen LogP contribution in [0.15, 0.2) is 23.1 Å². The van der Waals surface area contributed by atoms with Crippen molar-refractivity contribution in [2.75, 3.05) is 6.61 Å². The molecule has 2 N–H and O–H groups in total. The number of rotatable bonds is 4. The number of pyridine rings is 1. The summed E-state index contributed by atoms with van der Waals surface area (Å²) in [5, 5.41) is 11.6. The van der Waals surface area contributed by atoms with Gasteiger partial charge in [0.2, 0.25) is 0 Å². The highest BCUT2D eigenvalue weighted by molar-refractivity contribution is 5.94. The number of carbonyl (C=O) groups is 1. The zero-order chi connectivity index (χ0) is 13.1. The number of carbonyl (C=O) groups excluding carboxylic acids is 1. The van der Waals surface area contributed by atoms with Crippen molar-refractivity contribution >= 4 is 5.91 Å². The smallest absolute Gasteiger partial charge is 0.251 e. The van der Waals surface area contributed by atoms with Crippen LogP contribution in [0, 0.1) is 0 Å². The van der Waals surface area contributed by atoms with Crippen molar-refractivity contribution < 1.29 is 9.90 Å². The van der Waals surface area contributed by atoms with Crippen LogP contribution in [0.4, 0.5) is 0 Å². The molecule has 0 saturated carbocycles. The van der Waals surface area contributed by atoms with Gasteiger partial charge in [-0.25, -0.2) is 0 Å². The van der Waals surface area contributed by atoms with Gasteiger partial charge in [-0.15, -0.1) is 0 Å². The molecule has 0 aliphatic rings. The van der Waals surface area contributed by atoms with Crippen LogP contribution in [0.25, 0.3) is 0 Å². The van der Waals surface area contributed by atoms with Crippen molar-refractivity contribution in [2.45, 2.75) is 25.8 Å². The molecule has 5 heteroatoms.